The van der Waals surface area contributed by atoms with Gasteiger partial charge >= 0.3 is 0 Å². The van der Waals surface area contributed by atoms with Crippen LogP contribution in [0.3, 0.4) is 0 Å². The molecular weight excluding hydrogens is 260 g/mol. The normalized spacial score (nSPS) is 11.0. The molecule has 0 bridgehead atoms. The fourth-order valence-electron chi connectivity index (χ4n) is 2.69. The van der Waals surface area contributed by atoms with Crippen LogP contribution in [0.4, 0.5) is 5.69 Å². The first kappa shape index (κ1) is 17.5. The predicted octanol–water partition coefficient (Wildman–Crippen LogP) is 4.41. The first-order valence-electron chi connectivity index (χ1n) is 8.18. The Morgan fingerprint density at radius 2 is 1.76 bits per heavy atom. The Bertz CT molecular complexity index is 439. The first-order valence-corrected chi connectivity index (χ1v) is 8.18. The lowest BCUT2D eigenvalue weighted by atomic mass is 10.0. The summed E-state index contributed by atoms with van der Waals surface area (Å²) in [7, 11) is 0. The molecule has 0 aliphatic rings. The molecule has 118 valence electrons. The van der Waals surface area contributed by atoms with Crippen LogP contribution in [0.15, 0.2) is 24.3 Å². The van der Waals surface area contributed by atoms with E-state index in [0.29, 0.717) is 12.0 Å². The molecule has 21 heavy (non-hydrogen) atoms. The number of anilines is 1. The van der Waals surface area contributed by atoms with Crippen LogP contribution in [-0.2, 0) is 0 Å². The van der Waals surface area contributed by atoms with E-state index in [2.05, 4.69) is 37.9 Å². The smallest absolute Gasteiger partial charge is 0.256 e. The van der Waals surface area contributed by atoms with Gasteiger partial charge in [0.15, 0.2) is 0 Å². The van der Waals surface area contributed by atoms with Crippen molar-refractivity contribution in [2.45, 2.75) is 53.5 Å². The second kappa shape index (κ2) is 8.71. The van der Waals surface area contributed by atoms with Gasteiger partial charge in [-0.15, -0.1) is 0 Å². The van der Waals surface area contributed by atoms with E-state index in [9.17, 15) is 4.79 Å². The van der Waals surface area contributed by atoms with Crippen LogP contribution in [0, 0.1) is 5.92 Å². The van der Waals surface area contributed by atoms with Crippen molar-refractivity contribution in [2.24, 2.45) is 5.92 Å². The van der Waals surface area contributed by atoms with Crippen LogP contribution < -0.4 is 5.32 Å². The summed E-state index contributed by atoms with van der Waals surface area (Å²) in [6.07, 6.45) is 2.00. The molecule has 0 radical (unpaired) electrons. The fourth-order valence-corrected chi connectivity index (χ4v) is 2.69. The molecule has 0 heterocycles. The van der Waals surface area contributed by atoms with Gasteiger partial charge in [-0.2, -0.15) is 0 Å². The molecule has 0 aromatic heterocycles. The molecule has 3 heteroatoms. The standard InChI is InChI=1S/C18H30N2O/c1-6-15(7-2)20(13-14(4)5)18(21)16-11-9-10-12-17(16)19-8-3/h9-12,14-15,19H,6-8,13H2,1-5H3. The number of nitrogens with one attached hydrogen (secondary N) is 1. The van der Waals surface area contributed by atoms with Crippen molar-refractivity contribution in [3.63, 3.8) is 0 Å². The van der Waals surface area contributed by atoms with Gasteiger partial charge in [-0.1, -0.05) is 39.8 Å². The first-order chi connectivity index (χ1) is 10.0. The van der Waals surface area contributed by atoms with E-state index in [-0.39, 0.29) is 5.91 Å². The number of carbonyl (C=O) groups is 1. The molecule has 0 aliphatic carbocycles. The molecule has 0 atom stereocenters. The van der Waals surface area contributed by atoms with Crippen molar-refractivity contribution in [3.8, 4) is 0 Å². The lowest BCUT2D eigenvalue weighted by molar-refractivity contribution is 0.0641. The van der Waals surface area contributed by atoms with Gasteiger partial charge in [0.05, 0.1) is 5.56 Å². The molecule has 1 rings (SSSR count). The summed E-state index contributed by atoms with van der Waals surface area (Å²) < 4.78 is 0. The van der Waals surface area contributed by atoms with Crippen molar-refractivity contribution in [1.29, 1.82) is 0 Å². The van der Waals surface area contributed by atoms with E-state index in [1.807, 2.05) is 31.2 Å². The lowest BCUT2D eigenvalue weighted by Crippen LogP contribution is -2.42. The number of benzene rings is 1. The molecular formula is C18H30N2O. The third kappa shape index (κ3) is 4.76. The van der Waals surface area contributed by atoms with Crippen molar-refractivity contribution < 1.29 is 4.79 Å². The minimum absolute atomic E-state index is 0.147. The van der Waals surface area contributed by atoms with E-state index in [0.717, 1.165) is 37.2 Å². The highest BCUT2D eigenvalue weighted by Crippen LogP contribution is 2.21. The number of hydrogen-bond acceptors (Lipinski definition) is 2. The molecule has 3 nitrogen and oxygen atoms in total. The number of nitrogens with zero attached hydrogens (tertiary/aromatic N) is 1. The van der Waals surface area contributed by atoms with Gasteiger partial charge < -0.3 is 10.2 Å². The molecule has 0 spiro atoms. The zero-order chi connectivity index (χ0) is 15.8. The highest BCUT2D eigenvalue weighted by molar-refractivity contribution is 5.99. The van der Waals surface area contributed by atoms with Crippen molar-refractivity contribution >= 4 is 11.6 Å². The van der Waals surface area contributed by atoms with Gasteiger partial charge in [0.2, 0.25) is 0 Å². The Labute approximate surface area is 129 Å². The van der Waals surface area contributed by atoms with Crippen LogP contribution in [0.5, 0.6) is 0 Å². The molecule has 1 amide bonds. The average molecular weight is 290 g/mol. The number of hydrogen-bond donors (Lipinski definition) is 1. The molecule has 0 saturated carbocycles. The highest BCUT2D eigenvalue weighted by Gasteiger charge is 2.24. The van der Waals surface area contributed by atoms with E-state index < -0.39 is 0 Å². The van der Waals surface area contributed by atoms with Gasteiger partial charge in [0.1, 0.15) is 0 Å². The SMILES string of the molecule is CCNc1ccccc1C(=O)N(CC(C)C)C(CC)CC. The number of amides is 1. The van der Waals surface area contributed by atoms with Crippen molar-refractivity contribution in [3.05, 3.63) is 29.8 Å². The van der Waals surface area contributed by atoms with E-state index in [4.69, 9.17) is 0 Å². The molecule has 1 N–H and O–H groups in total. The van der Waals surface area contributed by atoms with Gasteiger partial charge in [-0.3, -0.25) is 4.79 Å². The summed E-state index contributed by atoms with van der Waals surface area (Å²) in [6, 6.07) is 8.13. The summed E-state index contributed by atoms with van der Waals surface area (Å²) in [5.41, 5.74) is 1.72. The van der Waals surface area contributed by atoms with Crippen LogP contribution >= 0.6 is 0 Å². The largest absolute Gasteiger partial charge is 0.385 e. The Morgan fingerprint density at radius 3 is 2.29 bits per heavy atom. The van der Waals surface area contributed by atoms with Crippen LogP contribution in [0.25, 0.3) is 0 Å². The van der Waals surface area contributed by atoms with Crippen LogP contribution in [0.1, 0.15) is 57.8 Å². The Hall–Kier alpha value is -1.51. The summed E-state index contributed by atoms with van der Waals surface area (Å²) in [4.78, 5) is 15.1. The number of rotatable bonds is 8. The van der Waals surface area contributed by atoms with Crippen LogP contribution in [0.2, 0.25) is 0 Å². The average Bonchev–Trinajstić information content (AvgIpc) is 2.47. The van der Waals surface area contributed by atoms with Gasteiger partial charge in [0, 0.05) is 24.8 Å². The summed E-state index contributed by atoms with van der Waals surface area (Å²) in [5, 5.41) is 3.29. The fraction of sp³-hybridized carbons (Fsp3) is 0.611. The third-order valence-electron chi connectivity index (χ3n) is 3.73. The Morgan fingerprint density at radius 1 is 1.14 bits per heavy atom. The van der Waals surface area contributed by atoms with Gasteiger partial charge in [-0.05, 0) is 37.8 Å². The highest BCUT2D eigenvalue weighted by atomic mass is 16.2. The molecule has 1 aromatic carbocycles. The number of para-hydroxylation sites is 1. The quantitative estimate of drug-likeness (QED) is 0.769. The maximum Gasteiger partial charge on any atom is 0.256 e. The van der Waals surface area contributed by atoms with E-state index >= 15 is 0 Å². The molecule has 0 fully saturated rings. The topological polar surface area (TPSA) is 32.3 Å². The van der Waals surface area contributed by atoms with Gasteiger partial charge in [0.25, 0.3) is 5.91 Å². The molecule has 0 saturated heterocycles. The Kier molecular flexibility index (Phi) is 7.27. The van der Waals surface area contributed by atoms with Crippen molar-refractivity contribution in [2.75, 3.05) is 18.4 Å². The summed E-state index contributed by atoms with van der Waals surface area (Å²) in [5.74, 6) is 0.620. The molecule has 0 aliphatic heterocycles. The van der Waals surface area contributed by atoms with Crippen LogP contribution in [-0.4, -0.2) is 29.9 Å². The molecule has 1 aromatic rings. The maximum absolute atomic E-state index is 13.0. The van der Waals surface area contributed by atoms with E-state index in [1.165, 1.54) is 0 Å². The summed E-state index contributed by atoms with van der Waals surface area (Å²) >= 11 is 0. The summed E-state index contributed by atoms with van der Waals surface area (Å²) in [6.45, 7) is 12.3. The zero-order valence-electron chi connectivity index (χ0n) is 14.1. The minimum Gasteiger partial charge on any atom is -0.385 e. The molecule has 0 unspecified atom stereocenters. The lowest BCUT2D eigenvalue weighted by Gasteiger charge is -2.32. The zero-order valence-corrected chi connectivity index (χ0v) is 14.1. The minimum atomic E-state index is 0.147. The van der Waals surface area contributed by atoms with Crippen molar-refractivity contribution in [1.82, 2.24) is 4.90 Å². The van der Waals surface area contributed by atoms with E-state index in [1.54, 1.807) is 0 Å². The second-order valence-electron chi connectivity index (χ2n) is 5.90. The predicted molar refractivity (Wildman–Crippen MR) is 90.9 cm³/mol. The van der Waals surface area contributed by atoms with Gasteiger partial charge in [-0.25, -0.2) is 0 Å². The second-order valence-corrected chi connectivity index (χ2v) is 5.90. The number of carbonyl (C=O) groups excluding carboxylic acids is 1. The monoisotopic (exact) mass is 290 g/mol. The third-order valence-corrected chi connectivity index (χ3v) is 3.73. The Balaban J connectivity index is 3.09. The maximum atomic E-state index is 13.0.